The van der Waals surface area contributed by atoms with Crippen molar-refractivity contribution in [3.8, 4) is 6.07 Å². The van der Waals surface area contributed by atoms with E-state index < -0.39 is 83.3 Å². The number of carbonyl (C=O) groups is 6. The largest absolute Gasteiger partial charge is 0.481 e. The van der Waals surface area contributed by atoms with Gasteiger partial charge in [0.15, 0.2) is 24.6 Å². The average molecular weight is 724 g/mol. The molecule has 1 heterocycles. The summed E-state index contributed by atoms with van der Waals surface area (Å²) in [6.45, 7) is 8.24. The molecule has 0 bridgehead atoms. The first-order valence-corrected chi connectivity index (χ1v) is 16.7. The lowest BCUT2D eigenvalue weighted by Gasteiger charge is -2.44. The highest BCUT2D eigenvalue weighted by Gasteiger charge is 2.53. The lowest BCUT2D eigenvalue weighted by atomic mass is 9.78. The number of carboxylic acid groups (broad SMARTS) is 1. The van der Waals surface area contributed by atoms with Crippen molar-refractivity contribution in [1.29, 1.82) is 5.26 Å². The van der Waals surface area contributed by atoms with Crippen molar-refractivity contribution in [2.24, 2.45) is 5.41 Å². The molecule has 15 nitrogen and oxygen atoms in total. The summed E-state index contributed by atoms with van der Waals surface area (Å²) in [6, 6.07) is 2.12. The number of thiocarbonyl (C=S) groups is 1. The summed E-state index contributed by atoms with van der Waals surface area (Å²) >= 11 is 7.76. The molecule has 0 aromatic heterocycles. The third-order valence-electron chi connectivity index (χ3n) is 6.44. The first-order chi connectivity index (χ1) is 21.9. The molecule has 1 rings (SSSR count). The highest BCUT2D eigenvalue weighted by molar-refractivity contribution is 8.47. The van der Waals surface area contributed by atoms with Crippen molar-refractivity contribution in [3.63, 3.8) is 0 Å². The Morgan fingerprint density at radius 2 is 1.47 bits per heavy atom. The number of nitriles is 1. The Bertz CT molecular complexity index is 1210. The van der Waals surface area contributed by atoms with Crippen LogP contribution in [0.4, 0.5) is 0 Å². The van der Waals surface area contributed by atoms with Gasteiger partial charge in [0, 0.05) is 34.1 Å². The Morgan fingerprint density at radius 3 is 1.98 bits per heavy atom. The van der Waals surface area contributed by atoms with Crippen molar-refractivity contribution < 1.29 is 67.0 Å². The summed E-state index contributed by atoms with van der Waals surface area (Å²) in [7, 11) is 0. The molecule has 0 aliphatic carbocycles. The Balaban J connectivity index is 3.22. The third-order valence-corrected chi connectivity index (χ3v) is 9.10. The second kappa shape index (κ2) is 19.7. The van der Waals surface area contributed by atoms with Crippen molar-refractivity contribution in [3.05, 3.63) is 0 Å². The summed E-state index contributed by atoms with van der Waals surface area (Å²) in [4.78, 5) is 72.1. The van der Waals surface area contributed by atoms with E-state index in [2.05, 4.69) is 6.07 Å². The van der Waals surface area contributed by atoms with Crippen LogP contribution in [0.15, 0.2) is 0 Å². The van der Waals surface area contributed by atoms with E-state index in [1.807, 2.05) is 6.92 Å². The van der Waals surface area contributed by atoms with Gasteiger partial charge in [0.2, 0.25) is 0 Å². The van der Waals surface area contributed by atoms with Crippen LogP contribution in [0, 0.1) is 16.7 Å². The number of carboxylic acids is 1. The molecule has 0 aromatic carbocycles. The molecule has 1 aliphatic heterocycles. The van der Waals surface area contributed by atoms with Crippen LogP contribution in [0.25, 0.3) is 0 Å². The minimum absolute atomic E-state index is 0.0119. The van der Waals surface area contributed by atoms with E-state index >= 15 is 0 Å². The number of esters is 5. The molecule has 0 amide bonds. The van der Waals surface area contributed by atoms with Crippen LogP contribution in [-0.4, -0.2) is 105 Å². The highest BCUT2D eigenvalue weighted by Crippen LogP contribution is 2.43. The number of rotatable bonds is 17. The van der Waals surface area contributed by atoms with E-state index in [0.29, 0.717) is 9.28 Å². The van der Waals surface area contributed by atoms with Gasteiger partial charge in [-0.25, -0.2) is 0 Å². The Labute approximate surface area is 287 Å². The van der Waals surface area contributed by atoms with E-state index in [-0.39, 0.29) is 32.5 Å². The first kappa shape index (κ1) is 42.0. The molecule has 1 aliphatic rings. The van der Waals surface area contributed by atoms with Crippen molar-refractivity contribution in [2.45, 2.75) is 103 Å². The molecule has 1 N–H and O–H groups in total. The van der Waals surface area contributed by atoms with Gasteiger partial charge in [0.25, 0.3) is 0 Å². The zero-order valence-electron chi connectivity index (χ0n) is 27.3. The molecule has 0 spiro atoms. The quantitative estimate of drug-likeness (QED) is 0.0989. The van der Waals surface area contributed by atoms with Crippen molar-refractivity contribution >= 4 is 75.1 Å². The van der Waals surface area contributed by atoms with Gasteiger partial charge in [-0.2, -0.15) is 5.26 Å². The van der Waals surface area contributed by atoms with E-state index in [4.69, 9.17) is 50.5 Å². The molecule has 0 radical (unpaired) electrons. The topological polar surface area (TPSA) is 211 Å². The molecular formula is C29H41NO14S3. The van der Waals surface area contributed by atoms with Gasteiger partial charge in [-0.05, 0) is 32.4 Å². The fraction of sp³-hybridized carbons (Fsp3) is 0.724. The summed E-state index contributed by atoms with van der Waals surface area (Å²) in [5.74, 6) is -4.29. The van der Waals surface area contributed by atoms with E-state index in [9.17, 15) is 34.0 Å². The van der Waals surface area contributed by atoms with Crippen LogP contribution in [0.1, 0.15) is 67.7 Å². The molecule has 0 saturated carbocycles. The number of thioether (sulfide) groups is 2. The van der Waals surface area contributed by atoms with Gasteiger partial charge in [0.05, 0.1) is 18.1 Å². The molecule has 1 saturated heterocycles. The molecule has 264 valence electrons. The van der Waals surface area contributed by atoms with Crippen LogP contribution in [-0.2, 0) is 61.9 Å². The molecule has 47 heavy (non-hydrogen) atoms. The van der Waals surface area contributed by atoms with Crippen LogP contribution >= 0.6 is 35.7 Å². The minimum atomic E-state index is -1.47. The number of hydrogen-bond donors (Lipinski definition) is 1. The molecule has 0 aromatic rings. The number of aliphatic carboxylic acids is 1. The summed E-state index contributed by atoms with van der Waals surface area (Å²) in [5, 5.41) is 19.0. The Hall–Kier alpha value is -2.98. The van der Waals surface area contributed by atoms with Gasteiger partial charge < -0.3 is 38.3 Å². The number of hydrogen-bond acceptors (Lipinski definition) is 17. The van der Waals surface area contributed by atoms with E-state index in [1.165, 1.54) is 11.8 Å². The molecule has 1 fully saturated rings. The Kier molecular flexibility index (Phi) is 17.7. The second-order valence-electron chi connectivity index (χ2n) is 10.8. The van der Waals surface area contributed by atoms with Crippen LogP contribution < -0.4 is 0 Å². The minimum Gasteiger partial charge on any atom is -0.481 e. The zero-order chi connectivity index (χ0) is 35.9. The van der Waals surface area contributed by atoms with Gasteiger partial charge >= 0.3 is 35.8 Å². The molecule has 7 unspecified atom stereocenters. The van der Waals surface area contributed by atoms with Crippen molar-refractivity contribution in [1.82, 2.24) is 0 Å². The van der Waals surface area contributed by atoms with Gasteiger partial charge in [0.1, 0.15) is 27.6 Å². The lowest BCUT2D eigenvalue weighted by Crippen LogP contribution is -2.63. The van der Waals surface area contributed by atoms with Gasteiger partial charge in [-0.1, -0.05) is 30.9 Å². The fourth-order valence-electron chi connectivity index (χ4n) is 4.57. The number of carbonyl (C=O) groups excluding carboxylic acids is 5. The third kappa shape index (κ3) is 14.8. The maximum absolute atomic E-state index is 13.5. The maximum Gasteiger partial charge on any atom is 0.322 e. The maximum atomic E-state index is 13.5. The normalized spacial score (nSPS) is 23.1. The molecule has 18 heteroatoms. The monoisotopic (exact) mass is 723 g/mol. The van der Waals surface area contributed by atoms with E-state index in [0.717, 1.165) is 39.5 Å². The van der Waals surface area contributed by atoms with Crippen molar-refractivity contribution in [2.75, 3.05) is 25.6 Å². The summed E-state index contributed by atoms with van der Waals surface area (Å²) in [5.41, 5.74) is -1.20. The van der Waals surface area contributed by atoms with Crippen LogP contribution in [0.3, 0.4) is 0 Å². The lowest BCUT2D eigenvalue weighted by molar-refractivity contribution is -0.309. The van der Waals surface area contributed by atoms with Gasteiger partial charge in [-0.15, -0.1) is 11.8 Å². The van der Waals surface area contributed by atoms with Crippen LogP contribution in [0.5, 0.6) is 0 Å². The predicted octanol–water partition coefficient (Wildman–Crippen LogP) is 2.94. The van der Waals surface area contributed by atoms with Crippen LogP contribution in [0.2, 0.25) is 0 Å². The van der Waals surface area contributed by atoms with E-state index in [1.54, 1.807) is 13.8 Å². The second-order valence-corrected chi connectivity index (χ2v) is 14.8. The zero-order valence-corrected chi connectivity index (χ0v) is 29.7. The predicted molar refractivity (Wildman–Crippen MR) is 171 cm³/mol. The first-order valence-electron chi connectivity index (χ1n) is 14.4. The van der Waals surface area contributed by atoms with Gasteiger partial charge in [-0.3, -0.25) is 28.8 Å². The summed E-state index contributed by atoms with van der Waals surface area (Å²) < 4.78 is 37.3. The SMILES string of the molecule is CCSC(=S)SC(C)(CC(C)(C#N)CCC(=O)O)C(=O)OCCOC1OC(COC(C)=O)C(OC(C)=O)C(OC(C)=O)C1OC(C)=O. The molecule has 7 atom stereocenters. The standard InChI is InChI=1S/C29H41NO14S3/c1-8-46-27(45)47-29(7,14-28(6,15-30)10-9-21(35)36)26(37)39-12-11-38-25-24(43-19(5)34)23(42-18(4)33)22(41-17(3)32)20(44-25)13-40-16(2)31/h20,22-25H,8-14H2,1-7H3,(H,35,36). The summed E-state index contributed by atoms with van der Waals surface area (Å²) in [6.07, 6.45) is -7.32. The average Bonchev–Trinajstić information content (AvgIpc) is 2.95. The highest BCUT2D eigenvalue weighted by atomic mass is 32.2. The Morgan fingerprint density at radius 1 is 0.894 bits per heavy atom. The smallest absolute Gasteiger partial charge is 0.322 e. The number of ether oxygens (including phenoxy) is 7. The number of nitrogens with zero attached hydrogens (tertiary/aromatic N) is 1. The molecular weight excluding hydrogens is 683 g/mol. The fourth-order valence-corrected chi connectivity index (χ4v) is 7.75.